The van der Waals surface area contributed by atoms with Crippen molar-refractivity contribution in [3.05, 3.63) is 0 Å². The maximum atomic E-state index is 11.1. The second kappa shape index (κ2) is 8.69. The van der Waals surface area contributed by atoms with Gasteiger partial charge in [-0.05, 0) is 13.3 Å². The average Bonchev–Trinajstić information content (AvgIpc) is 2.24. The average molecular weight is 235 g/mol. The first-order valence-corrected chi connectivity index (χ1v) is 6.76. The number of rotatable bonds is 7. The first-order chi connectivity index (χ1) is 7.19. The molecule has 1 atom stereocenters. The van der Waals surface area contributed by atoms with E-state index >= 15 is 0 Å². The van der Waals surface area contributed by atoms with E-state index in [4.69, 9.17) is 13.6 Å². The molecule has 5 nitrogen and oxygen atoms in total. The molecule has 0 aliphatic carbocycles. The minimum Gasteiger partial charge on any atom is -0.450 e. The van der Waals surface area contributed by atoms with Crippen molar-refractivity contribution in [2.45, 2.75) is 25.8 Å². The van der Waals surface area contributed by atoms with Crippen LogP contribution in [0.25, 0.3) is 0 Å². The van der Waals surface area contributed by atoms with Gasteiger partial charge in [-0.3, -0.25) is 0 Å². The number of ether oxygens (including phenoxy) is 1. The zero-order valence-corrected chi connectivity index (χ0v) is 11.1. The minimum atomic E-state index is -1.66. The lowest BCUT2D eigenvalue weighted by Crippen LogP contribution is -2.36. The van der Waals surface area contributed by atoms with E-state index in [-0.39, 0.29) is 11.6 Å². The normalized spacial score (nSPS) is 12.6. The molecular weight excluding hydrogens is 214 g/mol. The van der Waals surface area contributed by atoms with Gasteiger partial charge in [0.2, 0.25) is 0 Å². The van der Waals surface area contributed by atoms with Crippen molar-refractivity contribution in [3.8, 4) is 0 Å². The molecule has 0 fully saturated rings. The van der Waals surface area contributed by atoms with Crippen LogP contribution < -0.4 is 5.32 Å². The second-order valence-corrected chi connectivity index (χ2v) is 5.73. The second-order valence-electron chi connectivity index (χ2n) is 3.11. The molecule has 0 rings (SSSR count). The van der Waals surface area contributed by atoms with E-state index in [1.807, 2.05) is 0 Å². The number of carbonyl (C=O) groups excluding carboxylic acids is 1. The molecule has 0 saturated carbocycles. The molecule has 0 aromatic carbocycles. The molecule has 1 N–H and O–H groups in total. The minimum absolute atomic E-state index is 0.268. The topological polar surface area (TPSA) is 56.8 Å². The Morgan fingerprint density at radius 1 is 1.33 bits per heavy atom. The first kappa shape index (κ1) is 14.4. The highest BCUT2D eigenvalue weighted by atomic mass is 28.3. The van der Waals surface area contributed by atoms with Crippen molar-refractivity contribution < 1.29 is 18.4 Å². The first-order valence-electron chi connectivity index (χ1n) is 5.15. The van der Waals surface area contributed by atoms with Gasteiger partial charge in [-0.25, -0.2) is 4.79 Å². The lowest BCUT2D eigenvalue weighted by Gasteiger charge is -2.21. The molecule has 0 aliphatic heterocycles. The van der Waals surface area contributed by atoms with Gasteiger partial charge in [-0.2, -0.15) is 0 Å². The van der Waals surface area contributed by atoms with Gasteiger partial charge < -0.3 is 18.9 Å². The number of hydrogen-bond acceptors (Lipinski definition) is 4. The Balaban J connectivity index is 3.93. The van der Waals surface area contributed by atoms with Crippen molar-refractivity contribution in [3.63, 3.8) is 0 Å². The summed E-state index contributed by atoms with van der Waals surface area (Å²) >= 11 is 0. The predicted molar refractivity (Wildman–Crippen MR) is 60.2 cm³/mol. The third-order valence-electron chi connectivity index (χ3n) is 2.16. The van der Waals surface area contributed by atoms with Crippen LogP contribution in [0.4, 0.5) is 4.79 Å². The zero-order chi connectivity index (χ0) is 11.7. The van der Waals surface area contributed by atoms with Crippen molar-refractivity contribution in [2.75, 3.05) is 27.4 Å². The summed E-state index contributed by atoms with van der Waals surface area (Å²) in [5, 5.41) is 2.70. The van der Waals surface area contributed by atoms with E-state index in [0.29, 0.717) is 13.2 Å². The Kier molecular flexibility index (Phi) is 8.35. The summed E-state index contributed by atoms with van der Waals surface area (Å²) in [4.78, 5) is 11.1. The van der Waals surface area contributed by atoms with Gasteiger partial charge in [0.15, 0.2) is 0 Å². The Labute approximate surface area is 92.9 Å². The third kappa shape index (κ3) is 5.76. The van der Waals surface area contributed by atoms with E-state index in [1.54, 1.807) is 21.1 Å². The smallest absolute Gasteiger partial charge is 0.407 e. The summed E-state index contributed by atoms with van der Waals surface area (Å²) in [6.07, 6.45) is 0.543. The molecule has 0 heterocycles. The largest absolute Gasteiger partial charge is 0.450 e. The van der Waals surface area contributed by atoms with Gasteiger partial charge in [-0.1, -0.05) is 6.92 Å². The number of amides is 1. The molecule has 0 aromatic rings. The van der Waals surface area contributed by atoms with Crippen LogP contribution in [0.15, 0.2) is 0 Å². The standard InChI is InChI=1S/C9H21NO4Si/c1-5-8(15(12-3)13-4)7-10-9(11)14-6-2/h8,15H,5-7H2,1-4H3,(H,10,11). The Hall–Kier alpha value is -0.593. The summed E-state index contributed by atoms with van der Waals surface area (Å²) in [6, 6.07) is 0. The maximum Gasteiger partial charge on any atom is 0.407 e. The van der Waals surface area contributed by atoms with Crippen molar-refractivity contribution in [1.29, 1.82) is 0 Å². The molecule has 90 valence electrons. The summed E-state index contributed by atoms with van der Waals surface area (Å²) < 4.78 is 15.3. The quantitative estimate of drug-likeness (QED) is 0.670. The molecule has 0 bridgehead atoms. The van der Waals surface area contributed by atoms with Crippen LogP contribution in [0.2, 0.25) is 5.54 Å². The Morgan fingerprint density at radius 3 is 2.33 bits per heavy atom. The summed E-state index contributed by atoms with van der Waals surface area (Å²) in [5.41, 5.74) is 0.268. The fourth-order valence-electron chi connectivity index (χ4n) is 1.31. The van der Waals surface area contributed by atoms with Crippen LogP contribution in [0.1, 0.15) is 20.3 Å². The van der Waals surface area contributed by atoms with Gasteiger partial charge >= 0.3 is 15.4 Å². The number of hydrogen-bond donors (Lipinski definition) is 1. The number of carbonyl (C=O) groups is 1. The molecule has 0 aliphatic rings. The van der Waals surface area contributed by atoms with Crippen molar-refractivity contribution >= 4 is 15.4 Å². The highest BCUT2D eigenvalue weighted by Crippen LogP contribution is 2.14. The SMILES string of the molecule is CCOC(=O)NCC(CC)[SiH](OC)OC. The fourth-order valence-corrected chi connectivity index (χ4v) is 2.97. The molecule has 6 heteroatoms. The molecule has 0 aromatic heterocycles. The van der Waals surface area contributed by atoms with Crippen LogP contribution in [-0.2, 0) is 13.6 Å². The van der Waals surface area contributed by atoms with Gasteiger partial charge in [0, 0.05) is 26.3 Å². The van der Waals surface area contributed by atoms with Gasteiger partial charge in [0.25, 0.3) is 0 Å². The number of nitrogens with one attached hydrogen (secondary N) is 1. The highest BCUT2D eigenvalue weighted by Gasteiger charge is 2.23. The van der Waals surface area contributed by atoms with Gasteiger partial charge in [0.1, 0.15) is 0 Å². The van der Waals surface area contributed by atoms with Crippen LogP contribution >= 0.6 is 0 Å². The molecule has 0 spiro atoms. The molecule has 1 unspecified atom stereocenters. The van der Waals surface area contributed by atoms with Crippen LogP contribution in [0.5, 0.6) is 0 Å². The lowest BCUT2D eigenvalue weighted by atomic mass is 10.3. The van der Waals surface area contributed by atoms with Crippen LogP contribution in [0, 0.1) is 0 Å². The zero-order valence-electron chi connectivity index (χ0n) is 9.91. The predicted octanol–water partition coefficient (Wildman–Crippen LogP) is 1.03. The number of alkyl carbamates (subject to hydrolysis) is 1. The Bertz CT molecular complexity index is 175. The lowest BCUT2D eigenvalue weighted by molar-refractivity contribution is 0.151. The molecule has 0 radical (unpaired) electrons. The summed E-state index contributed by atoms with van der Waals surface area (Å²) in [7, 11) is 1.64. The molecule has 0 saturated heterocycles. The van der Waals surface area contributed by atoms with E-state index in [1.165, 1.54) is 0 Å². The Morgan fingerprint density at radius 2 is 1.93 bits per heavy atom. The molecule has 15 heavy (non-hydrogen) atoms. The van der Waals surface area contributed by atoms with Gasteiger partial charge in [-0.15, -0.1) is 0 Å². The fraction of sp³-hybridized carbons (Fsp3) is 0.889. The van der Waals surface area contributed by atoms with E-state index in [9.17, 15) is 4.79 Å². The van der Waals surface area contributed by atoms with E-state index in [0.717, 1.165) is 6.42 Å². The summed E-state index contributed by atoms with van der Waals surface area (Å²) in [5.74, 6) is 0. The van der Waals surface area contributed by atoms with E-state index in [2.05, 4.69) is 12.2 Å². The monoisotopic (exact) mass is 235 g/mol. The molecule has 1 amide bonds. The van der Waals surface area contributed by atoms with Gasteiger partial charge in [0.05, 0.1) is 6.61 Å². The third-order valence-corrected chi connectivity index (χ3v) is 4.56. The molecular formula is C9H21NO4Si. The summed E-state index contributed by atoms with van der Waals surface area (Å²) in [6.45, 7) is 4.76. The van der Waals surface area contributed by atoms with Crippen LogP contribution in [-0.4, -0.2) is 42.7 Å². The maximum absolute atomic E-state index is 11.1. The van der Waals surface area contributed by atoms with E-state index < -0.39 is 9.28 Å². The van der Waals surface area contributed by atoms with Crippen LogP contribution in [0.3, 0.4) is 0 Å². The van der Waals surface area contributed by atoms with Crippen molar-refractivity contribution in [1.82, 2.24) is 5.32 Å². The highest BCUT2D eigenvalue weighted by molar-refractivity contribution is 6.46. The van der Waals surface area contributed by atoms with Crippen molar-refractivity contribution in [2.24, 2.45) is 0 Å².